The molecule has 0 aliphatic heterocycles. The molecular formula is C50H36N14Na2O6S6. The Morgan fingerprint density at radius 2 is 0.731 bits per heavy atom. The Balaban J connectivity index is 0.00000344. The molecule has 4 N–H and O–H groups in total. The van der Waals surface area contributed by atoms with Crippen LogP contribution in [0.25, 0.3) is 56.3 Å². The standard InChI is InChI=1S/C50H34N14O6S6.2Na.2H/c65-75(66,67)43-23-33(55-45-25-47(71-61-27-51-35-9-1-5-13-39(35)61)59-49(57-45)73-63-29-53-37-11-3-7-15-41(37)63)21-19-31(43)17-18-32-20-22-34(24-44(32)76(68,69)70)56-46-26-48(72-62-28-52-36-10-2-6-14-40(36)62)60-50(58-46)74-64-30-54-38-12-4-8-16-42(38)64;;;;/h1-30H,(H,55,57,59)(H,56,58,60)(H,65,66,67)(H,68,69,70);;;;. The summed E-state index contributed by atoms with van der Waals surface area (Å²) in [6.45, 7) is 0. The average Bonchev–Trinajstić information content (AvgIpc) is 4.22. The molecule has 20 nitrogen and oxygen atoms in total. The third-order valence-electron chi connectivity index (χ3n) is 11.4. The van der Waals surface area contributed by atoms with Gasteiger partial charge in [0.2, 0.25) is 10.3 Å². The van der Waals surface area contributed by atoms with Crippen molar-refractivity contribution in [1.82, 2.24) is 55.8 Å². The Bertz CT molecular complexity index is 4030. The second-order valence-electron chi connectivity index (χ2n) is 16.4. The molecule has 12 rings (SSSR count). The van der Waals surface area contributed by atoms with Gasteiger partial charge in [-0.25, -0.2) is 39.9 Å². The number of hydrogen-bond acceptors (Lipinski definition) is 18. The number of nitrogens with one attached hydrogen (secondary N) is 2. The molecule has 0 bridgehead atoms. The summed E-state index contributed by atoms with van der Waals surface area (Å²) < 4.78 is 80.5. The number of fused-ring (bicyclic) bond motifs is 4. The van der Waals surface area contributed by atoms with Crippen molar-refractivity contribution in [3.63, 3.8) is 0 Å². The van der Waals surface area contributed by atoms with Crippen molar-refractivity contribution in [2.24, 2.45) is 0 Å². The molecule has 6 heterocycles. The van der Waals surface area contributed by atoms with Gasteiger partial charge in [-0.2, -0.15) is 16.8 Å². The maximum atomic E-state index is 13.0. The monoisotopic (exact) mass is 1170 g/mol. The predicted octanol–water partition coefficient (Wildman–Crippen LogP) is 9.74. The molecule has 0 aliphatic rings. The van der Waals surface area contributed by atoms with Crippen LogP contribution in [0.4, 0.5) is 23.0 Å². The fraction of sp³-hybridized carbons (Fsp3) is 0. The van der Waals surface area contributed by atoms with Crippen LogP contribution in [0, 0.1) is 0 Å². The molecule has 0 spiro atoms. The fourth-order valence-corrected chi connectivity index (χ4v) is 12.8. The van der Waals surface area contributed by atoms with Gasteiger partial charge in [-0.15, -0.1) is 0 Å². The van der Waals surface area contributed by atoms with E-state index in [1.165, 1.54) is 84.2 Å². The summed E-state index contributed by atoms with van der Waals surface area (Å²) in [7, 11) is -9.75. The molecule has 0 fully saturated rings. The molecule has 0 aliphatic carbocycles. The van der Waals surface area contributed by atoms with Crippen molar-refractivity contribution in [2.45, 2.75) is 30.2 Å². The fourth-order valence-electron chi connectivity index (χ4n) is 7.95. The van der Waals surface area contributed by atoms with Crippen LogP contribution in [-0.4, -0.2) is 141 Å². The van der Waals surface area contributed by atoms with Crippen LogP contribution in [-0.2, 0) is 20.2 Å². The molecule has 0 saturated carbocycles. The van der Waals surface area contributed by atoms with Gasteiger partial charge in [0.05, 0.1) is 44.1 Å². The molecule has 0 radical (unpaired) electrons. The molecular weight excluding hydrogens is 1130 g/mol. The number of aromatic nitrogens is 12. The third kappa shape index (κ3) is 12.2. The molecule has 78 heavy (non-hydrogen) atoms. The zero-order valence-electron chi connectivity index (χ0n) is 38.7. The number of hydrogen-bond donors (Lipinski definition) is 4. The second kappa shape index (κ2) is 23.3. The molecule has 6 aromatic carbocycles. The second-order valence-corrected chi connectivity index (χ2v) is 23.0. The first kappa shape index (κ1) is 55.2. The van der Waals surface area contributed by atoms with E-state index in [1.54, 1.807) is 49.6 Å². The summed E-state index contributed by atoms with van der Waals surface area (Å²) in [6.07, 6.45) is 9.37. The molecule has 0 unspecified atom stereocenters. The predicted molar refractivity (Wildman–Crippen MR) is 310 cm³/mol. The Labute approximate surface area is 505 Å². The van der Waals surface area contributed by atoms with Gasteiger partial charge in [0.1, 0.15) is 56.8 Å². The van der Waals surface area contributed by atoms with Gasteiger partial charge >= 0.3 is 59.1 Å². The number of benzene rings is 6. The molecule has 6 aromatic heterocycles. The van der Waals surface area contributed by atoms with Gasteiger partial charge < -0.3 is 10.6 Å². The first-order valence-corrected chi connectivity index (χ1v) is 28.5. The molecule has 28 heteroatoms. The van der Waals surface area contributed by atoms with E-state index in [2.05, 4.69) is 30.6 Å². The van der Waals surface area contributed by atoms with Crippen LogP contribution in [0.5, 0.6) is 0 Å². The Morgan fingerprint density at radius 1 is 0.410 bits per heavy atom. The summed E-state index contributed by atoms with van der Waals surface area (Å²) in [5.74, 6) is 0.603. The summed E-state index contributed by atoms with van der Waals surface area (Å²) in [5.41, 5.74) is 7.10. The molecule has 0 amide bonds. The number of nitrogens with zero attached hydrogens (tertiary/aromatic N) is 12. The quantitative estimate of drug-likeness (QED) is 0.0231. The van der Waals surface area contributed by atoms with Crippen molar-refractivity contribution >= 4 is 206 Å². The SMILES string of the molecule is O=S(=O)(O)c1cc(Nc2cc(Sn3cnc4ccccc43)nc(Sn3cnc4ccccc43)n2)ccc1C=Cc1ccc(Nc2cc(Sn3cnc4ccccc43)nc(Sn3cnc4ccccc43)n2)cc1S(=O)(=O)O.[NaH].[NaH]. The number of imidazole rings is 4. The molecule has 0 atom stereocenters. The average molecular weight is 1170 g/mol. The van der Waals surface area contributed by atoms with E-state index in [9.17, 15) is 25.9 Å². The van der Waals surface area contributed by atoms with E-state index in [0.29, 0.717) is 32.0 Å². The van der Waals surface area contributed by atoms with Crippen molar-refractivity contribution in [2.75, 3.05) is 10.6 Å². The number of anilines is 4. The van der Waals surface area contributed by atoms with Gasteiger partial charge in [-0.05, 0) is 83.9 Å². The number of rotatable bonds is 16. The van der Waals surface area contributed by atoms with E-state index in [-0.39, 0.29) is 81.6 Å². The Morgan fingerprint density at radius 3 is 1.06 bits per heavy atom. The van der Waals surface area contributed by atoms with Gasteiger partial charge in [0.15, 0.2) is 0 Å². The van der Waals surface area contributed by atoms with E-state index in [0.717, 1.165) is 44.1 Å². The maximum absolute atomic E-state index is 13.0. The van der Waals surface area contributed by atoms with Crippen molar-refractivity contribution in [3.05, 3.63) is 182 Å². The molecule has 12 aromatic rings. The van der Waals surface area contributed by atoms with Crippen molar-refractivity contribution in [3.8, 4) is 0 Å². The number of para-hydroxylation sites is 8. The van der Waals surface area contributed by atoms with Gasteiger partial charge in [-0.1, -0.05) is 72.8 Å². The first-order chi connectivity index (χ1) is 36.8. The van der Waals surface area contributed by atoms with E-state index in [4.69, 9.17) is 19.9 Å². The first-order valence-electron chi connectivity index (χ1n) is 22.5. The Hall–Kier alpha value is -6.08. The zero-order chi connectivity index (χ0) is 52.0. The van der Waals surface area contributed by atoms with Crippen LogP contribution >= 0.6 is 47.8 Å². The van der Waals surface area contributed by atoms with E-state index >= 15 is 0 Å². The van der Waals surface area contributed by atoms with Gasteiger partial charge in [0, 0.05) is 71.3 Å². The molecule has 380 valence electrons. The van der Waals surface area contributed by atoms with Crippen LogP contribution in [0.3, 0.4) is 0 Å². The summed E-state index contributed by atoms with van der Waals surface area (Å²) in [4.78, 5) is 36.1. The van der Waals surface area contributed by atoms with Crippen LogP contribution in [0.1, 0.15) is 11.1 Å². The van der Waals surface area contributed by atoms with Gasteiger partial charge in [0.25, 0.3) is 20.2 Å². The zero-order valence-corrected chi connectivity index (χ0v) is 43.6. The van der Waals surface area contributed by atoms with Crippen LogP contribution < -0.4 is 10.6 Å². The minimum atomic E-state index is -4.88. The van der Waals surface area contributed by atoms with E-state index < -0.39 is 30.0 Å². The van der Waals surface area contributed by atoms with Gasteiger partial charge in [-0.3, -0.25) is 25.0 Å². The summed E-state index contributed by atoms with van der Waals surface area (Å²) in [5, 5.41) is 8.07. The summed E-state index contributed by atoms with van der Waals surface area (Å²) >= 11 is 5.06. The topological polar surface area (TPSA) is 256 Å². The van der Waals surface area contributed by atoms with Crippen molar-refractivity contribution < 1.29 is 25.9 Å². The Kier molecular flexibility index (Phi) is 16.5. The van der Waals surface area contributed by atoms with E-state index in [1.807, 2.05) is 113 Å². The summed E-state index contributed by atoms with van der Waals surface area (Å²) in [6, 6.07) is 42.4. The minimum absolute atomic E-state index is 0. The van der Waals surface area contributed by atoms with Crippen LogP contribution in [0.2, 0.25) is 0 Å². The normalized spacial score (nSPS) is 11.9. The third-order valence-corrected chi connectivity index (χ3v) is 16.6. The molecule has 0 saturated heterocycles. The van der Waals surface area contributed by atoms with Crippen LogP contribution in [0.15, 0.2) is 201 Å². The van der Waals surface area contributed by atoms with Crippen molar-refractivity contribution in [1.29, 1.82) is 0 Å².